The standard InChI is InChI=1S/C14H34OS2Si2/c1-13(2,3)15-19(9,10)12-17-16-11-18(7,8)14(4,5)6/h11-12H2,1-10H3. The molecule has 0 atom stereocenters. The van der Waals surface area contributed by atoms with Crippen LogP contribution in [-0.4, -0.2) is 32.7 Å². The monoisotopic (exact) mass is 338 g/mol. The normalized spacial score (nSPS) is 14.8. The van der Waals surface area contributed by atoms with Crippen LogP contribution >= 0.6 is 21.6 Å². The maximum Gasteiger partial charge on any atom is 0.198 e. The molecule has 0 fully saturated rings. The minimum Gasteiger partial charge on any atom is -0.412 e. The molecule has 0 rings (SSSR count). The summed E-state index contributed by atoms with van der Waals surface area (Å²) in [6.45, 7) is 23.4. The molecule has 0 saturated heterocycles. The van der Waals surface area contributed by atoms with Crippen molar-refractivity contribution in [3.8, 4) is 0 Å². The molecule has 0 aromatic rings. The molecule has 0 saturated carbocycles. The van der Waals surface area contributed by atoms with Crippen LogP contribution in [0.15, 0.2) is 0 Å². The van der Waals surface area contributed by atoms with Crippen LogP contribution in [0.4, 0.5) is 0 Å². The van der Waals surface area contributed by atoms with Crippen LogP contribution in [0.3, 0.4) is 0 Å². The second kappa shape index (κ2) is 6.90. The first-order valence-electron chi connectivity index (χ1n) is 7.11. The Balaban J connectivity index is 4.12. The lowest BCUT2D eigenvalue weighted by molar-refractivity contribution is 0.122. The zero-order valence-electron chi connectivity index (χ0n) is 14.6. The minimum atomic E-state index is -1.52. The fraction of sp³-hybridized carbons (Fsp3) is 1.00. The topological polar surface area (TPSA) is 9.23 Å². The average Bonchev–Trinajstić information content (AvgIpc) is 2.06. The Kier molecular flexibility index (Phi) is 7.30. The van der Waals surface area contributed by atoms with E-state index in [0.717, 1.165) is 0 Å². The van der Waals surface area contributed by atoms with Crippen LogP contribution in [0.1, 0.15) is 41.5 Å². The average molecular weight is 339 g/mol. The molecule has 0 N–H and O–H groups in total. The maximum atomic E-state index is 6.24. The molecule has 0 aliphatic heterocycles. The Morgan fingerprint density at radius 1 is 0.789 bits per heavy atom. The molecular weight excluding hydrogens is 304 g/mol. The van der Waals surface area contributed by atoms with Crippen molar-refractivity contribution < 1.29 is 4.43 Å². The van der Waals surface area contributed by atoms with E-state index in [1.165, 1.54) is 10.8 Å². The van der Waals surface area contributed by atoms with Gasteiger partial charge in [-0.1, -0.05) is 55.5 Å². The minimum absolute atomic E-state index is 0.000376. The zero-order chi connectivity index (χ0) is 15.5. The first kappa shape index (κ1) is 20.1. The van der Waals surface area contributed by atoms with Gasteiger partial charge in [-0.05, 0) is 44.3 Å². The third-order valence-electron chi connectivity index (χ3n) is 3.52. The predicted molar refractivity (Wildman–Crippen MR) is 100 cm³/mol. The lowest BCUT2D eigenvalue weighted by Gasteiger charge is -2.37. The molecule has 0 heterocycles. The fourth-order valence-electron chi connectivity index (χ4n) is 1.45. The highest BCUT2D eigenvalue weighted by molar-refractivity contribution is 8.77. The maximum absolute atomic E-state index is 6.24. The largest absolute Gasteiger partial charge is 0.412 e. The lowest BCUT2D eigenvalue weighted by Crippen LogP contribution is -2.42. The summed E-state index contributed by atoms with van der Waals surface area (Å²) < 4.78 is 6.24. The third kappa shape index (κ3) is 8.86. The molecule has 19 heavy (non-hydrogen) atoms. The van der Waals surface area contributed by atoms with Gasteiger partial charge in [-0.2, -0.15) is 0 Å². The lowest BCUT2D eigenvalue weighted by atomic mass is 10.2. The van der Waals surface area contributed by atoms with Gasteiger partial charge in [-0.3, -0.25) is 0 Å². The fourth-order valence-corrected chi connectivity index (χ4v) is 14.8. The molecule has 0 aromatic heterocycles. The van der Waals surface area contributed by atoms with Crippen LogP contribution in [0.5, 0.6) is 0 Å². The molecule has 0 unspecified atom stereocenters. The van der Waals surface area contributed by atoms with E-state index in [0.29, 0.717) is 5.04 Å². The summed E-state index contributed by atoms with van der Waals surface area (Å²) in [7, 11) is 1.45. The van der Waals surface area contributed by atoms with Crippen molar-refractivity contribution >= 4 is 38.0 Å². The van der Waals surface area contributed by atoms with E-state index in [4.69, 9.17) is 4.43 Å². The van der Waals surface area contributed by atoms with Gasteiger partial charge in [0.05, 0.1) is 8.07 Å². The Morgan fingerprint density at radius 2 is 1.21 bits per heavy atom. The quantitative estimate of drug-likeness (QED) is 0.335. The van der Waals surface area contributed by atoms with Crippen LogP contribution in [-0.2, 0) is 4.43 Å². The molecule has 5 heteroatoms. The van der Waals surface area contributed by atoms with Gasteiger partial charge in [0.25, 0.3) is 0 Å². The van der Waals surface area contributed by atoms with E-state index >= 15 is 0 Å². The van der Waals surface area contributed by atoms with Crippen molar-refractivity contribution in [2.75, 3.05) is 10.8 Å². The summed E-state index contributed by atoms with van der Waals surface area (Å²) in [4.78, 5) is 0. The molecule has 0 aromatic carbocycles. The first-order chi connectivity index (χ1) is 8.16. The van der Waals surface area contributed by atoms with Gasteiger partial charge in [-0.25, -0.2) is 0 Å². The van der Waals surface area contributed by atoms with Crippen molar-refractivity contribution in [2.45, 2.75) is 78.4 Å². The number of hydrogen-bond acceptors (Lipinski definition) is 3. The SMILES string of the molecule is CC(C)(C)O[Si](C)(C)CSSC[Si](C)(C)C(C)(C)C. The van der Waals surface area contributed by atoms with Crippen molar-refractivity contribution in [1.82, 2.24) is 0 Å². The zero-order valence-corrected chi connectivity index (χ0v) is 18.3. The highest BCUT2D eigenvalue weighted by atomic mass is 33.1. The van der Waals surface area contributed by atoms with E-state index in [1.54, 1.807) is 0 Å². The van der Waals surface area contributed by atoms with Gasteiger partial charge >= 0.3 is 0 Å². The van der Waals surface area contributed by atoms with Gasteiger partial charge in [0.15, 0.2) is 8.32 Å². The molecule has 0 aliphatic rings. The van der Waals surface area contributed by atoms with Gasteiger partial charge in [0, 0.05) is 11.0 Å². The molecule has 0 spiro atoms. The Labute approximate surface area is 131 Å². The highest BCUT2D eigenvalue weighted by Crippen LogP contribution is 2.40. The van der Waals surface area contributed by atoms with Gasteiger partial charge < -0.3 is 4.43 Å². The molecule has 0 bridgehead atoms. The molecule has 0 aliphatic carbocycles. The first-order valence-corrected chi connectivity index (χ1v) is 15.9. The molecule has 0 amide bonds. The van der Waals surface area contributed by atoms with Crippen molar-refractivity contribution in [3.63, 3.8) is 0 Å². The summed E-state index contributed by atoms with van der Waals surface area (Å²) >= 11 is 0. The third-order valence-corrected chi connectivity index (χ3v) is 18.1. The van der Waals surface area contributed by atoms with E-state index < -0.39 is 16.4 Å². The summed E-state index contributed by atoms with van der Waals surface area (Å²) in [5, 5.41) is 3.01. The second-order valence-electron chi connectivity index (χ2n) is 8.63. The van der Waals surface area contributed by atoms with Crippen molar-refractivity contribution in [2.24, 2.45) is 0 Å². The van der Waals surface area contributed by atoms with Crippen LogP contribution in [0.2, 0.25) is 31.2 Å². The molecule has 0 radical (unpaired) electrons. The number of hydrogen-bond donors (Lipinski definition) is 0. The summed E-state index contributed by atoms with van der Waals surface area (Å²) in [6, 6.07) is 0. The van der Waals surface area contributed by atoms with Gasteiger partial charge in [-0.15, -0.1) is 0 Å². The predicted octanol–water partition coefficient (Wildman–Crippen LogP) is 5.97. The molecular formula is C14H34OS2Si2. The Morgan fingerprint density at radius 3 is 1.58 bits per heavy atom. The van der Waals surface area contributed by atoms with E-state index in [1.807, 2.05) is 10.8 Å². The highest BCUT2D eigenvalue weighted by Gasteiger charge is 2.35. The van der Waals surface area contributed by atoms with E-state index in [-0.39, 0.29) is 5.60 Å². The second-order valence-corrected chi connectivity index (χ2v) is 21.8. The van der Waals surface area contributed by atoms with Crippen LogP contribution in [0.25, 0.3) is 0 Å². The number of rotatable bonds is 6. The summed E-state index contributed by atoms with van der Waals surface area (Å²) in [5.74, 6) is 0. The van der Waals surface area contributed by atoms with Crippen LogP contribution < -0.4 is 0 Å². The summed E-state index contributed by atoms with van der Waals surface area (Å²) in [5.41, 5.74) is 0.000376. The van der Waals surface area contributed by atoms with Gasteiger partial charge in [0.2, 0.25) is 0 Å². The smallest absolute Gasteiger partial charge is 0.198 e. The molecule has 1 nitrogen and oxygen atoms in total. The van der Waals surface area contributed by atoms with Crippen molar-refractivity contribution in [1.29, 1.82) is 0 Å². The summed E-state index contributed by atoms with van der Waals surface area (Å²) in [6.07, 6.45) is 0. The molecule has 116 valence electrons. The van der Waals surface area contributed by atoms with Crippen molar-refractivity contribution in [3.05, 3.63) is 0 Å². The van der Waals surface area contributed by atoms with E-state index in [2.05, 4.69) is 78.5 Å². The Hall–Kier alpha value is 1.09. The van der Waals surface area contributed by atoms with Gasteiger partial charge in [0.1, 0.15) is 0 Å². The van der Waals surface area contributed by atoms with Crippen LogP contribution in [0, 0.1) is 0 Å². The Bertz CT molecular complexity index is 278. The van der Waals surface area contributed by atoms with E-state index in [9.17, 15) is 0 Å².